The lowest BCUT2D eigenvalue weighted by Crippen LogP contribution is -2.17. The number of carboxylic acids is 1. The van der Waals surface area contributed by atoms with Crippen molar-refractivity contribution in [2.75, 3.05) is 0 Å². The third-order valence-corrected chi connectivity index (χ3v) is 3.69. The van der Waals surface area contributed by atoms with Crippen LogP contribution in [0, 0.1) is 40.7 Å². The number of carboxylic acid groups (broad SMARTS) is 1. The fourth-order valence-corrected chi connectivity index (χ4v) is 2.33. The number of aliphatic hydroxyl groups excluding tert-OH is 1. The fraction of sp³-hybridized carbons (Fsp3) is 0.111. The molecule has 2 aromatic carbocycles. The van der Waals surface area contributed by atoms with Gasteiger partial charge in [-0.05, 0) is 18.6 Å². The first-order valence-electron chi connectivity index (χ1n) is 7.72. The van der Waals surface area contributed by atoms with E-state index in [1.165, 1.54) is 6.92 Å². The van der Waals surface area contributed by atoms with Crippen molar-refractivity contribution in [2.45, 2.75) is 13.3 Å². The highest BCUT2D eigenvalue weighted by molar-refractivity contribution is 6.24. The van der Waals surface area contributed by atoms with Crippen LogP contribution < -0.4 is 0 Å². The van der Waals surface area contributed by atoms with Crippen molar-refractivity contribution >= 4 is 23.1 Å². The maximum Gasteiger partial charge on any atom is 0.341 e. The monoisotopic (exact) mass is 421 g/mol. The van der Waals surface area contributed by atoms with Crippen LogP contribution in [0.5, 0.6) is 0 Å². The molecule has 4 nitrogen and oxygen atoms in total. The Bertz CT molecular complexity index is 1030. The van der Waals surface area contributed by atoms with Gasteiger partial charge in [-0.25, -0.2) is 40.5 Å². The van der Waals surface area contributed by atoms with E-state index in [1.54, 1.807) is 0 Å². The van der Waals surface area contributed by atoms with Crippen molar-refractivity contribution in [3.05, 3.63) is 70.1 Å². The second kappa shape index (κ2) is 8.33. The van der Waals surface area contributed by atoms with Crippen molar-refractivity contribution in [3.8, 4) is 0 Å². The second-order valence-electron chi connectivity index (χ2n) is 5.48. The summed E-state index contributed by atoms with van der Waals surface area (Å²) in [6, 6.07) is 2.01. The van der Waals surface area contributed by atoms with Crippen molar-refractivity contribution in [1.29, 1.82) is 0 Å². The van der Waals surface area contributed by atoms with Crippen LogP contribution in [0.3, 0.4) is 0 Å². The zero-order valence-corrected chi connectivity index (χ0v) is 14.3. The summed E-state index contributed by atoms with van der Waals surface area (Å²) in [5, 5.41) is 19.4. The van der Waals surface area contributed by atoms with E-state index in [0.717, 1.165) is 12.1 Å². The van der Waals surface area contributed by atoms with E-state index in [4.69, 9.17) is 0 Å². The molecule has 29 heavy (non-hydrogen) atoms. The van der Waals surface area contributed by atoms with Crippen LogP contribution in [0.4, 0.5) is 36.4 Å². The Morgan fingerprint density at radius 2 is 1.41 bits per heavy atom. The average Bonchev–Trinajstić information content (AvgIpc) is 2.65. The average molecular weight is 421 g/mol. The molecule has 0 amide bonds. The Morgan fingerprint density at radius 1 is 0.897 bits per heavy atom. The van der Waals surface area contributed by atoms with Crippen molar-refractivity contribution in [2.24, 2.45) is 4.99 Å². The molecule has 0 radical (unpaired) electrons. The topological polar surface area (TPSA) is 69.9 Å². The molecule has 11 heteroatoms. The number of aliphatic carboxylic acids is 1. The summed E-state index contributed by atoms with van der Waals surface area (Å²) in [5.41, 5.74) is -4.49. The zero-order chi connectivity index (χ0) is 22.0. The van der Waals surface area contributed by atoms with Gasteiger partial charge in [0.25, 0.3) is 0 Å². The molecule has 0 unspecified atom stereocenters. The Morgan fingerprint density at radius 3 is 1.86 bits per heavy atom. The van der Waals surface area contributed by atoms with E-state index in [1.807, 2.05) is 0 Å². The number of nitrogens with zero attached hydrogens (tertiary/aromatic N) is 1. The van der Waals surface area contributed by atoms with Gasteiger partial charge in [-0.15, -0.1) is 0 Å². The minimum absolute atomic E-state index is 0.377. The third-order valence-electron chi connectivity index (χ3n) is 3.69. The summed E-state index contributed by atoms with van der Waals surface area (Å²) in [6.45, 7) is 1.26. The number of carbonyl (C=O) groups is 1. The Labute approximate surface area is 158 Å². The van der Waals surface area contributed by atoms with Gasteiger partial charge < -0.3 is 10.2 Å². The first kappa shape index (κ1) is 21.9. The third kappa shape index (κ3) is 4.08. The molecule has 0 spiro atoms. The molecule has 0 saturated carbocycles. The van der Waals surface area contributed by atoms with Gasteiger partial charge in [-0.2, -0.15) is 0 Å². The van der Waals surface area contributed by atoms with E-state index < -0.39 is 75.0 Å². The van der Waals surface area contributed by atoms with E-state index in [-0.39, 0.29) is 6.42 Å². The smallest absolute Gasteiger partial charge is 0.341 e. The van der Waals surface area contributed by atoms with Gasteiger partial charge in [0.15, 0.2) is 29.1 Å². The molecular formula is C18H10F7NO3. The SMILES string of the molecule is CCC(=Nc1ccc(F)cc1F)C(C(=O)O)=C(O)c1c(F)c(F)c(F)c(F)c1F. The van der Waals surface area contributed by atoms with Crippen LogP contribution in [0.1, 0.15) is 18.9 Å². The van der Waals surface area contributed by atoms with Crippen molar-refractivity contribution < 1.29 is 45.7 Å². The molecule has 2 aromatic rings. The summed E-state index contributed by atoms with van der Waals surface area (Å²) in [5.74, 6) is -18.3. The second-order valence-corrected chi connectivity index (χ2v) is 5.48. The van der Waals surface area contributed by atoms with Gasteiger partial charge in [0.1, 0.15) is 17.1 Å². The Kier molecular flexibility index (Phi) is 6.30. The highest BCUT2D eigenvalue weighted by Gasteiger charge is 2.32. The molecule has 0 fully saturated rings. The van der Waals surface area contributed by atoms with Crippen LogP contribution in [-0.2, 0) is 4.79 Å². The van der Waals surface area contributed by atoms with Gasteiger partial charge in [0.05, 0.1) is 17.0 Å². The molecule has 2 N–H and O–H groups in total. The first-order valence-corrected chi connectivity index (χ1v) is 7.72. The summed E-state index contributed by atoms with van der Waals surface area (Å²) >= 11 is 0. The maximum atomic E-state index is 13.9. The van der Waals surface area contributed by atoms with Gasteiger partial charge in [0, 0.05) is 6.07 Å². The fourth-order valence-electron chi connectivity index (χ4n) is 2.33. The number of hydrogen-bond donors (Lipinski definition) is 2. The molecule has 0 saturated heterocycles. The van der Waals surface area contributed by atoms with Gasteiger partial charge in [-0.3, -0.25) is 0 Å². The van der Waals surface area contributed by atoms with Gasteiger partial charge in [0.2, 0.25) is 5.82 Å². The standard InChI is InChI=1S/C18H10F7NO3/c1-2-8(26-9-4-3-6(19)5-7(9)20)10(18(28)29)17(27)11-12(21)14(23)16(25)15(24)13(11)22/h3-5,27H,2H2,1H3,(H,28,29). The first-order chi connectivity index (χ1) is 13.5. The van der Waals surface area contributed by atoms with Crippen LogP contribution in [-0.4, -0.2) is 21.9 Å². The van der Waals surface area contributed by atoms with Crippen LogP contribution in [0.15, 0.2) is 28.8 Å². The van der Waals surface area contributed by atoms with E-state index >= 15 is 0 Å². The number of hydrogen-bond acceptors (Lipinski definition) is 3. The lowest BCUT2D eigenvalue weighted by Gasteiger charge is -2.12. The van der Waals surface area contributed by atoms with E-state index in [0.29, 0.717) is 6.07 Å². The van der Waals surface area contributed by atoms with Crippen molar-refractivity contribution in [1.82, 2.24) is 0 Å². The minimum atomic E-state index is -2.51. The van der Waals surface area contributed by atoms with Gasteiger partial charge >= 0.3 is 5.97 Å². The van der Waals surface area contributed by atoms with Crippen LogP contribution >= 0.6 is 0 Å². The normalized spacial score (nSPS) is 12.8. The van der Waals surface area contributed by atoms with E-state index in [2.05, 4.69) is 4.99 Å². The number of aliphatic imine (C=N–C) groups is 1. The molecule has 2 rings (SSSR count). The molecule has 0 bridgehead atoms. The molecule has 154 valence electrons. The summed E-state index contributed by atoms with van der Waals surface area (Å²) in [4.78, 5) is 15.1. The quantitative estimate of drug-likeness (QED) is 0.174. The lowest BCUT2D eigenvalue weighted by molar-refractivity contribution is -0.132. The van der Waals surface area contributed by atoms with Crippen LogP contribution in [0.25, 0.3) is 5.76 Å². The lowest BCUT2D eigenvalue weighted by atomic mass is 10.0. The molecule has 0 aliphatic rings. The minimum Gasteiger partial charge on any atom is -0.506 e. The van der Waals surface area contributed by atoms with Crippen molar-refractivity contribution in [3.63, 3.8) is 0 Å². The van der Waals surface area contributed by atoms with E-state index in [9.17, 15) is 45.7 Å². The predicted molar refractivity (Wildman–Crippen MR) is 87.2 cm³/mol. The molecule has 0 aromatic heterocycles. The summed E-state index contributed by atoms with van der Waals surface area (Å²) < 4.78 is 94.6. The van der Waals surface area contributed by atoms with Crippen LogP contribution in [0.2, 0.25) is 0 Å². The summed E-state index contributed by atoms with van der Waals surface area (Å²) in [6.07, 6.45) is -0.377. The largest absolute Gasteiger partial charge is 0.506 e. The Hall–Kier alpha value is -3.37. The molecule has 0 atom stereocenters. The van der Waals surface area contributed by atoms with Gasteiger partial charge in [-0.1, -0.05) is 6.92 Å². The number of aliphatic hydroxyl groups is 1. The Balaban J connectivity index is 2.83. The zero-order valence-electron chi connectivity index (χ0n) is 14.3. The summed E-state index contributed by atoms with van der Waals surface area (Å²) in [7, 11) is 0. The highest BCUT2D eigenvalue weighted by atomic mass is 19.2. The highest BCUT2D eigenvalue weighted by Crippen LogP contribution is 2.30. The maximum absolute atomic E-state index is 13.9. The predicted octanol–water partition coefficient (Wildman–Crippen LogP) is 5.20. The number of benzene rings is 2. The molecule has 0 aliphatic heterocycles. The number of rotatable bonds is 5. The molecular weight excluding hydrogens is 411 g/mol. The molecule has 0 aliphatic carbocycles. The number of halogens is 7. The molecule has 0 heterocycles.